The van der Waals surface area contributed by atoms with Gasteiger partial charge in [0.1, 0.15) is 5.69 Å². The third-order valence-electron chi connectivity index (χ3n) is 2.40. The van der Waals surface area contributed by atoms with Crippen LogP contribution in [0.3, 0.4) is 0 Å². The molecule has 2 aromatic heterocycles. The largest absolute Gasteiger partial charge is 0.341 e. The Kier molecular flexibility index (Phi) is 2.38. The van der Waals surface area contributed by atoms with Crippen LogP contribution >= 0.6 is 0 Å². The normalized spacial score (nSPS) is 10.4. The van der Waals surface area contributed by atoms with Gasteiger partial charge in [0.15, 0.2) is 12.2 Å². The molecule has 1 radical (unpaired) electrons. The van der Waals surface area contributed by atoms with Crippen molar-refractivity contribution in [2.75, 3.05) is 0 Å². The molecule has 4 nitrogen and oxygen atoms in total. The summed E-state index contributed by atoms with van der Waals surface area (Å²) in [5.41, 5.74) is 2.55. The van der Waals surface area contributed by atoms with Crippen molar-refractivity contribution in [2.24, 2.45) is 0 Å². The zero-order chi connectivity index (χ0) is 11.5. The lowest BCUT2D eigenvalue weighted by Gasteiger charge is -2.01. The SMILES string of the molecule is [c]1nc(-c2ccnc(-c3ccccc3)n2)c[nH]1. The predicted octanol–water partition coefficient (Wildman–Crippen LogP) is 2.33. The number of nitrogens with one attached hydrogen (secondary N) is 1. The second-order valence-electron chi connectivity index (χ2n) is 3.53. The number of hydrogen-bond acceptors (Lipinski definition) is 3. The van der Waals surface area contributed by atoms with Gasteiger partial charge in [0.05, 0.1) is 5.69 Å². The minimum Gasteiger partial charge on any atom is -0.341 e. The number of nitrogens with zero attached hydrogens (tertiary/aromatic N) is 3. The van der Waals surface area contributed by atoms with Gasteiger partial charge in [-0.15, -0.1) is 0 Å². The molecule has 0 saturated heterocycles. The zero-order valence-electron chi connectivity index (χ0n) is 8.96. The Hall–Kier alpha value is -2.49. The molecule has 0 aliphatic heterocycles. The molecule has 0 saturated carbocycles. The van der Waals surface area contributed by atoms with Crippen LogP contribution in [0, 0.1) is 6.33 Å². The fourth-order valence-electron chi connectivity index (χ4n) is 1.58. The fourth-order valence-corrected chi connectivity index (χ4v) is 1.58. The van der Waals surface area contributed by atoms with Crippen molar-refractivity contribution in [1.82, 2.24) is 19.9 Å². The summed E-state index contributed by atoms with van der Waals surface area (Å²) in [6, 6.07) is 11.7. The Morgan fingerprint density at radius 3 is 2.65 bits per heavy atom. The third-order valence-corrected chi connectivity index (χ3v) is 2.40. The van der Waals surface area contributed by atoms with Crippen LogP contribution in [-0.2, 0) is 0 Å². The minimum atomic E-state index is 0.700. The van der Waals surface area contributed by atoms with Gasteiger partial charge < -0.3 is 4.98 Å². The number of H-pyrrole nitrogens is 1. The molecule has 81 valence electrons. The van der Waals surface area contributed by atoms with Crippen LogP contribution in [-0.4, -0.2) is 19.9 Å². The maximum Gasteiger partial charge on any atom is 0.174 e. The van der Waals surface area contributed by atoms with Crippen LogP contribution in [0.4, 0.5) is 0 Å². The van der Waals surface area contributed by atoms with Gasteiger partial charge in [-0.2, -0.15) is 0 Å². The molecule has 0 fully saturated rings. The summed E-state index contributed by atoms with van der Waals surface area (Å²) < 4.78 is 0. The molecular weight excluding hydrogens is 212 g/mol. The Morgan fingerprint density at radius 1 is 1.00 bits per heavy atom. The molecule has 0 unspecified atom stereocenters. The van der Waals surface area contributed by atoms with Gasteiger partial charge in [-0.1, -0.05) is 30.3 Å². The van der Waals surface area contributed by atoms with Crippen LogP contribution in [0.25, 0.3) is 22.8 Å². The quantitative estimate of drug-likeness (QED) is 0.722. The van der Waals surface area contributed by atoms with Crippen molar-refractivity contribution in [2.45, 2.75) is 0 Å². The van der Waals surface area contributed by atoms with E-state index in [-0.39, 0.29) is 0 Å². The Balaban J connectivity index is 2.06. The van der Waals surface area contributed by atoms with Crippen LogP contribution < -0.4 is 0 Å². The predicted molar refractivity (Wildman–Crippen MR) is 63.9 cm³/mol. The van der Waals surface area contributed by atoms with Crippen LogP contribution in [0.2, 0.25) is 0 Å². The number of imidazole rings is 1. The summed E-state index contributed by atoms with van der Waals surface area (Å²) in [6.45, 7) is 0. The number of aromatic nitrogens is 4. The van der Waals surface area contributed by atoms with E-state index in [9.17, 15) is 0 Å². The van der Waals surface area contributed by atoms with Crippen molar-refractivity contribution in [3.63, 3.8) is 0 Å². The Labute approximate surface area is 98.4 Å². The number of benzene rings is 1. The maximum absolute atomic E-state index is 4.47. The van der Waals surface area contributed by atoms with Crippen molar-refractivity contribution in [3.8, 4) is 22.8 Å². The molecule has 1 N–H and O–H groups in total. The van der Waals surface area contributed by atoms with E-state index in [1.165, 1.54) is 0 Å². The van der Waals surface area contributed by atoms with Crippen molar-refractivity contribution in [1.29, 1.82) is 0 Å². The summed E-state index contributed by atoms with van der Waals surface area (Å²) in [5, 5.41) is 0. The van der Waals surface area contributed by atoms with Crippen LogP contribution in [0.1, 0.15) is 0 Å². The van der Waals surface area contributed by atoms with Gasteiger partial charge in [-0.05, 0) is 6.07 Å². The average Bonchev–Trinajstić information content (AvgIpc) is 2.94. The number of rotatable bonds is 2. The Morgan fingerprint density at radius 2 is 1.88 bits per heavy atom. The number of aromatic amines is 1. The first-order valence-corrected chi connectivity index (χ1v) is 5.24. The lowest BCUT2D eigenvalue weighted by molar-refractivity contribution is 1.17. The highest BCUT2D eigenvalue weighted by atomic mass is 14.9. The van der Waals surface area contributed by atoms with Gasteiger partial charge in [0.25, 0.3) is 0 Å². The standard InChI is InChI=1S/C13H9N4/c1-2-4-10(5-3-1)13-15-7-6-11(17-13)12-8-14-9-16-12/h1-8H,(H,14,16). The molecule has 2 heterocycles. The molecule has 0 aliphatic carbocycles. The lowest BCUT2D eigenvalue weighted by atomic mass is 10.2. The lowest BCUT2D eigenvalue weighted by Crippen LogP contribution is -1.91. The van der Waals surface area contributed by atoms with Crippen LogP contribution in [0.15, 0.2) is 48.8 Å². The first-order valence-electron chi connectivity index (χ1n) is 5.24. The van der Waals surface area contributed by atoms with Crippen molar-refractivity contribution < 1.29 is 0 Å². The number of hydrogen-bond donors (Lipinski definition) is 1. The molecule has 0 amide bonds. The second-order valence-corrected chi connectivity index (χ2v) is 3.53. The van der Waals surface area contributed by atoms with Gasteiger partial charge in [-0.3, -0.25) is 0 Å². The average molecular weight is 221 g/mol. The summed E-state index contributed by atoms with van der Waals surface area (Å²) in [7, 11) is 0. The maximum atomic E-state index is 4.47. The minimum absolute atomic E-state index is 0.700. The van der Waals surface area contributed by atoms with E-state index < -0.39 is 0 Å². The summed E-state index contributed by atoms with van der Waals surface area (Å²) in [4.78, 5) is 15.6. The molecule has 0 spiro atoms. The fraction of sp³-hybridized carbons (Fsp3) is 0. The Bertz CT molecular complexity index is 602. The first kappa shape index (κ1) is 9.72. The van der Waals surface area contributed by atoms with E-state index in [4.69, 9.17) is 0 Å². The first-order chi connectivity index (χ1) is 8.43. The molecule has 4 heteroatoms. The molecule has 0 atom stereocenters. The highest BCUT2D eigenvalue weighted by Gasteiger charge is 2.05. The second kappa shape index (κ2) is 4.17. The summed E-state index contributed by atoms with van der Waals surface area (Å²) in [5.74, 6) is 0.700. The van der Waals surface area contributed by atoms with Crippen LogP contribution in [0.5, 0.6) is 0 Å². The smallest absolute Gasteiger partial charge is 0.174 e. The molecule has 1 aromatic carbocycles. The topological polar surface area (TPSA) is 54.5 Å². The molecule has 3 rings (SSSR count). The molecule has 0 aliphatic rings. The van der Waals surface area contributed by atoms with E-state index >= 15 is 0 Å². The van der Waals surface area contributed by atoms with E-state index in [1.807, 2.05) is 36.4 Å². The van der Waals surface area contributed by atoms with Gasteiger partial charge in [0, 0.05) is 18.0 Å². The summed E-state index contributed by atoms with van der Waals surface area (Å²) >= 11 is 0. The highest BCUT2D eigenvalue weighted by molar-refractivity contribution is 5.60. The highest BCUT2D eigenvalue weighted by Crippen LogP contribution is 2.18. The molecular formula is C13H9N4. The summed E-state index contributed by atoms with van der Waals surface area (Å²) in [6.07, 6.45) is 6.15. The monoisotopic (exact) mass is 221 g/mol. The van der Waals surface area contributed by atoms with Gasteiger partial charge in [0.2, 0.25) is 0 Å². The van der Waals surface area contributed by atoms with E-state index in [0.717, 1.165) is 17.0 Å². The van der Waals surface area contributed by atoms with Crippen molar-refractivity contribution in [3.05, 3.63) is 55.1 Å². The molecule has 0 bridgehead atoms. The molecule has 3 aromatic rings. The molecule has 17 heavy (non-hydrogen) atoms. The van der Waals surface area contributed by atoms with E-state index in [2.05, 4.69) is 26.3 Å². The zero-order valence-corrected chi connectivity index (χ0v) is 8.96. The van der Waals surface area contributed by atoms with Crippen molar-refractivity contribution >= 4 is 0 Å². The van der Waals surface area contributed by atoms with Gasteiger partial charge >= 0.3 is 0 Å². The third kappa shape index (κ3) is 1.92. The van der Waals surface area contributed by atoms with E-state index in [0.29, 0.717) is 5.82 Å². The van der Waals surface area contributed by atoms with E-state index in [1.54, 1.807) is 12.4 Å². The van der Waals surface area contributed by atoms with Gasteiger partial charge in [-0.25, -0.2) is 15.0 Å².